The third-order valence-electron chi connectivity index (χ3n) is 5.44. The van der Waals surface area contributed by atoms with E-state index in [2.05, 4.69) is 65.4 Å². The summed E-state index contributed by atoms with van der Waals surface area (Å²) in [7, 11) is 0. The van der Waals surface area contributed by atoms with Crippen LogP contribution in [0.5, 0.6) is 0 Å². The molecule has 2 nitrogen and oxygen atoms in total. The molecule has 4 heteroatoms. The van der Waals surface area contributed by atoms with Gasteiger partial charge in [-0.3, -0.25) is 0 Å². The summed E-state index contributed by atoms with van der Waals surface area (Å²) >= 11 is 1.82. The Bertz CT molecular complexity index is 744. The van der Waals surface area contributed by atoms with Crippen molar-refractivity contribution < 1.29 is 4.74 Å². The predicted octanol–water partition coefficient (Wildman–Crippen LogP) is 6.06. The van der Waals surface area contributed by atoms with Crippen molar-refractivity contribution in [2.45, 2.75) is 50.7 Å². The fraction of sp³-hybridized carbons (Fsp3) is 0.417. The molecule has 0 bridgehead atoms. The molecule has 1 aliphatic carbocycles. The molecule has 150 valence electrons. The van der Waals surface area contributed by atoms with Crippen LogP contribution in [0.4, 0.5) is 0 Å². The van der Waals surface area contributed by atoms with Crippen LogP contribution in [0, 0.1) is 0 Å². The van der Waals surface area contributed by atoms with Crippen LogP contribution in [-0.2, 0) is 11.2 Å². The fourth-order valence-corrected chi connectivity index (χ4v) is 4.68. The van der Waals surface area contributed by atoms with Gasteiger partial charge in [-0.1, -0.05) is 72.0 Å². The Kier molecular flexibility index (Phi) is 8.47. The highest BCUT2D eigenvalue weighted by Gasteiger charge is 2.16. The molecular weight excluding hydrogens is 386 g/mol. The molecule has 1 aromatic rings. The van der Waals surface area contributed by atoms with E-state index in [0.717, 1.165) is 38.8 Å². The van der Waals surface area contributed by atoms with Gasteiger partial charge in [0.25, 0.3) is 0 Å². The van der Waals surface area contributed by atoms with Crippen LogP contribution in [0.25, 0.3) is 4.91 Å². The summed E-state index contributed by atoms with van der Waals surface area (Å²) < 4.78 is 6.12. The Balaban J connectivity index is 0.00000225. The zero-order chi connectivity index (χ0) is 18.3. The second kappa shape index (κ2) is 11.1. The standard InChI is InChI=1S/C24H29NOS.ClH/c1-2-16-27-24(8-1)21-12-9-20(10-13-21)17-19-5-3-7-23(14-11-19)26-18-22-6-4-15-25-22;/h2-3,7-13,16,22-23,25H,1,4-6,14-15,17-18H2;1H/t22-,23?;/m1./s1. The van der Waals surface area contributed by atoms with Gasteiger partial charge in [-0.05, 0) is 61.6 Å². The molecule has 2 atom stereocenters. The van der Waals surface area contributed by atoms with Gasteiger partial charge in [0, 0.05) is 10.9 Å². The minimum Gasteiger partial charge on any atom is -0.372 e. The summed E-state index contributed by atoms with van der Waals surface area (Å²) in [5.41, 5.74) is 4.22. The van der Waals surface area contributed by atoms with E-state index in [-0.39, 0.29) is 18.5 Å². The predicted molar refractivity (Wildman–Crippen MR) is 124 cm³/mol. The maximum atomic E-state index is 6.12. The van der Waals surface area contributed by atoms with Crippen LogP contribution in [0.2, 0.25) is 0 Å². The molecule has 0 saturated carbocycles. The van der Waals surface area contributed by atoms with Gasteiger partial charge in [-0.25, -0.2) is 0 Å². The zero-order valence-electron chi connectivity index (χ0n) is 16.3. The van der Waals surface area contributed by atoms with Gasteiger partial charge < -0.3 is 10.1 Å². The van der Waals surface area contributed by atoms with Crippen molar-refractivity contribution in [1.82, 2.24) is 5.32 Å². The maximum Gasteiger partial charge on any atom is 0.0791 e. The van der Waals surface area contributed by atoms with Gasteiger partial charge in [0.15, 0.2) is 0 Å². The molecule has 0 spiro atoms. The summed E-state index contributed by atoms with van der Waals surface area (Å²) in [6.45, 7) is 1.98. The first-order valence-corrected chi connectivity index (χ1v) is 11.1. The van der Waals surface area contributed by atoms with Gasteiger partial charge in [0.05, 0.1) is 12.7 Å². The highest BCUT2D eigenvalue weighted by Crippen LogP contribution is 2.32. The normalized spacial score (nSPS) is 24.3. The van der Waals surface area contributed by atoms with Crippen molar-refractivity contribution in [2.24, 2.45) is 0 Å². The molecular formula is C24H30ClNOS. The summed E-state index contributed by atoms with van der Waals surface area (Å²) in [6.07, 6.45) is 18.3. The number of allylic oxidation sites excluding steroid dienone is 4. The van der Waals surface area contributed by atoms with E-state index in [1.807, 2.05) is 11.8 Å². The van der Waals surface area contributed by atoms with Crippen LogP contribution >= 0.6 is 24.2 Å². The number of halogens is 1. The van der Waals surface area contributed by atoms with E-state index in [0.29, 0.717) is 6.04 Å². The van der Waals surface area contributed by atoms with E-state index in [4.69, 9.17) is 4.74 Å². The lowest BCUT2D eigenvalue weighted by molar-refractivity contribution is 0.0728. The average molecular weight is 416 g/mol. The summed E-state index contributed by atoms with van der Waals surface area (Å²) in [5.74, 6) is 0. The number of hydrogen-bond donors (Lipinski definition) is 1. The monoisotopic (exact) mass is 415 g/mol. The Hall–Kier alpha value is -1.26. The second-order valence-electron chi connectivity index (χ2n) is 7.56. The first-order chi connectivity index (χ1) is 13.4. The number of hydrogen-bond acceptors (Lipinski definition) is 3. The van der Waals surface area contributed by atoms with Crippen LogP contribution < -0.4 is 5.32 Å². The minimum atomic E-state index is 0. The lowest BCUT2D eigenvalue weighted by atomic mass is 10.0. The Morgan fingerprint density at radius 2 is 2.00 bits per heavy atom. The van der Waals surface area contributed by atoms with E-state index >= 15 is 0 Å². The molecule has 1 fully saturated rings. The van der Waals surface area contributed by atoms with Crippen molar-refractivity contribution in [1.29, 1.82) is 0 Å². The first-order valence-electron chi connectivity index (χ1n) is 10.2. The number of benzene rings is 1. The molecule has 28 heavy (non-hydrogen) atoms. The Morgan fingerprint density at radius 1 is 1.11 bits per heavy atom. The molecule has 0 amide bonds. The molecule has 1 saturated heterocycles. The molecule has 4 rings (SSSR count). The van der Waals surface area contributed by atoms with Crippen molar-refractivity contribution in [3.8, 4) is 0 Å². The highest BCUT2D eigenvalue weighted by atomic mass is 35.5. The van der Waals surface area contributed by atoms with Crippen molar-refractivity contribution in [3.63, 3.8) is 0 Å². The van der Waals surface area contributed by atoms with Crippen LogP contribution in [-0.4, -0.2) is 25.3 Å². The third kappa shape index (κ3) is 6.12. The Labute approximate surface area is 179 Å². The van der Waals surface area contributed by atoms with E-state index < -0.39 is 0 Å². The molecule has 1 aromatic carbocycles. The van der Waals surface area contributed by atoms with E-state index in [9.17, 15) is 0 Å². The Morgan fingerprint density at radius 3 is 2.75 bits per heavy atom. The molecule has 0 aromatic heterocycles. The van der Waals surface area contributed by atoms with Crippen LogP contribution in [0.3, 0.4) is 0 Å². The fourth-order valence-electron chi connectivity index (χ4n) is 3.86. The summed E-state index contributed by atoms with van der Waals surface area (Å²) in [6, 6.07) is 9.65. The second-order valence-corrected chi connectivity index (χ2v) is 8.51. The van der Waals surface area contributed by atoms with E-state index in [1.54, 1.807) is 0 Å². The number of ether oxygens (including phenoxy) is 1. The molecule has 2 heterocycles. The summed E-state index contributed by atoms with van der Waals surface area (Å²) in [5, 5.41) is 5.70. The van der Waals surface area contributed by atoms with Gasteiger partial charge in [0.2, 0.25) is 0 Å². The van der Waals surface area contributed by atoms with Crippen LogP contribution in [0.1, 0.15) is 43.2 Å². The highest BCUT2D eigenvalue weighted by molar-refractivity contribution is 8.11. The van der Waals surface area contributed by atoms with Gasteiger partial charge >= 0.3 is 0 Å². The molecule has 1 N–H and O–H groups in total. The lowest BCUT2D eigenvalue weighted by Gasteiger charge is -2.16. The first kappa shape index (κ1) is 21.4. The maximum absolute atomic E-state index is 6.12. The molecule has 3 aliphatic rings. The van der Waals surface area contributed by atoms with Crippen molar-refractivity contribution in [3.05, 3.63) is 76.8 Å². The zero-order valence-corrected chi connectivity index (χ0v) is 17.9. The van der Waals surface area contributed by atoms with Gasteiger partial charge in [-0.15, -0.1) is 12.4 Å². The average Bonchev–Trinajstić information content (AvgIpc) is 3.14. The quantitative estimate of drug-likeness (QED) is 0.571. The topological polar surface area (TPSA) is 21.3 Å². The number of rotatable bonds is 6. The SMILES string of the molecule is C1=CSC(c2ccc(CC3=CCC(OC[C@H]4CCCN4)C=CC3)cc2)=CC1.Cl. The minimum absolute atomic E-state index is 0. The third-order valence-corrected chi connectivity index (χ3v) is 6.43. The van der Waals surface area contributed by atoms with Crippen molar-refractivity contribution in [2.75, 3.05) is 13.2 Å². The van der Waals surface area contributed by atoms with Crippen LogP contribution in [0.15, 0.2) is 65.6 Å². The number of nitrogens with one attached hydrogen (secondary N) is 1. The number of thioether (sulfide) groups is 1. The lowest BCUT2D eigenvalue weighted by Crippen LogP contribution is -2.28. The van der Waals surface area contributed by atoms with Gasteiger partial charge in [0.1, 0.15) is 0 Å². The van der Waals surface area contributed by atoms with Gasteiger partial charge in [-0.2, -0.15) is 0 Å². The van der Waals surface area contributed by atoms with Crippen molar-refractivity contribution >= 4 is 29.1 Å². The summed E-state index contributed by atoms with van der Waals surface area (Å²) in [4.78, 5) is 1.37. The molecule has 0 radical (unpaired) electrons. The largest absolute Gasteiger partial charge is 0.372 e. The molecule has 2 aliphatic heterocycles. The smallest absolute Gasteiger partial charge is 0.0791 e. The molecule has 1 unspecified atom stereocenters. The van der Waals surface area contributed by atoms with E-state index in [1.165, 1.54) is 34.4 Å².